The maximum atomic E-state index is 12.7. The molecule has 2 aliphatic rings. The van der Waals surface area contributed by atoms with Gasteiger partial charge in [0.05, 0.1) is 11.5 Å². The van der Waals surface area contributed by atoms with Gasteiger partial charge in [-0.05, 0) is 43.5 Å². The summed E-state index contributed by atoms with van der Waals surface area (Å²) in [5.74, 6) is -1.07. The van der Waals surface area contributed by atoms with Crippen molar-refractivity contribution in [3.8, 4) is 0 Å². The number of imide groups is 1. The fourth-order valence-electron chi connectivity index (χ4n) is 3.48. The minimum atomic E-state index is -4.14. The first-order chi connectivity index (χ1) is 13.8. The molecular weight excluding hydrogens is 398 g/mol. The molecule has 3 amide bonds. The molecule has 1 heterocycles. The monoisotopic (exact) mass is 421 g/mol. The number of sulfonamides is 1. The highest BCUT2D eigenvalue weighted by Gasteiger charge is 2.52. The normalized spacial score (nSPS) is 19.0. The standard InChI is InChI=1S/C19H23N3O6S/c1-2-28-16(23)11-8-14-6-9-15(10-7-14)29(26,27)21-22-17(24)19(20-18(22)25)12-4-3-5-13-19/h6-11,21H,2-5,12-13H2,1H3,(H,20,25)/b11-8+. The van der Waals surface area contributed by atoms with E-state index in [1.54, 1.807) is 6.92 Å². The van der Waals surface area contributed by atoms with Gasteiger partial charge in [-0.1, -0.05) is 31.4 Å². The summed E-state index contributed by atoms with van der Waals surface area (Å²) in [5, 5.41) is 3.20. The molecule has 0 radical (unpaired) electrons. The van der Waals surface area contributed by atoms with Crippen LogP contribution >= 0.6 is 0 Å². The summed E-state index contributed by atoms with van der Waals surface area (Å²) in [6.07, 6.45) is 6.30. The van der Waals surface area contributed by atoms with Crippen LogP contribution in [-0.4, -0.2) is 43.5 Å². The molecule has 0 bridgehead atoms. The first-order valence-electron chi connectivity index (χ1n) is 9.41. The van der Waals surface area contributed by atoms with Crippen molar-refractivity contribution >= 4 is 34.0 Å². The SMILES string of the molecule is CCOC(=O)/C=C/c1ccc(S(=O)(=O)NN2C(=O)NC3(CCCCC3)C2=O)cc1. The second-order valence-electron chi connectivity index (χ2n) is 6.96. The van der Waals surface area contributed by atoms with Crippen molar-refractivity contribution in [3.63, 3.8) is 0 Å². The van der Waals surface area contributed by atoms with Crippen molar-refractivity contribution in [2.24, 2.45) is 0 Å². The molecule has 29 heavy (non-hydrogen) atoms. The van der Waals surface area contributed by atoms with Crippen molar-refractivity contribution < 1.29 is 27.5 Å². The number of hydrazine groups is 1. The number of hydrogen-bond acceptors (Lipinski definition) is 6. The average Bonchev–Trinajstić information content (AvgIpc) is 2.91. The highest BCUT2D eigenvalue weighted by atomic mass is 32.2. The third kappa shape index (κ3) is 4.48. The number of amides is 3. The molecule has 2 fully saturated rings. The van der Waals surface area contributed by atoms with E-state index in [0.717, 1.165) is 19.3 Å². The summed E-state index contributed by atoms with van der Waals surface area (Å²) in [4.78, 5) is 38.3. The molecule has 1 saturated carbocycles. The Balaban J connectivity index is 1.72. The summed E-state index contributed by atoms with van der Waals surface area (Å²) in [6.45, 7) is 1.95. The Morgan fingerprint density at radius 1 is 1.21 bits per heavy atom. The van der Waals surface area contributed by atoms with Crippen LogP contribution < -0.4 is 10.1 Å². The number of urea groups is 1. The minimum absolute atomic E-state index is 0.115. The predicted molar refractivity (Wildman–Crippen MR) is 104 cm³/mol. The van der Waals surface area contributed by atoms with E-state index in [1.165, 1.54) is 36.4 Å². The van der Waals surface area contributed by atoms with Gasteiger partial charge in [0.15, 0.2) is 0 Å². The zero-order chi connectivity index (χ0) is 21.1. The fraction of sp³-hybridized carbons (Fsp3) is 0.421. The van der Waals surface area contributed by atoms with Crippen LogP contribution in [0.2, 0.25) is 0 Å². The van der Waals surface area contributed by atoms with Crippen molar-refractivity contribution in [2.75, 3.05) is 6.61 Å². The molecule has 1 aliphatic carbocycles. The van der Waals surface area contributed by atoms with Gasteiger partial charge in [0.1, 0.15) is 5.54 Å². The predicted octanol–water partition coefficient (Wildman–Crippen LogP) is 1.71. The van der Waals surface area contributed by atoms with Crippen LogP contribution in [0.1, 0.15) is 44.6 Å². The van der Waals surface area contributed by atoms with E-state index in [4.69, 9.17) is 4.74 Å². The topological polar surface area (TPSA) is 122 Å². The lowest BCUT2D eigenvalue weighted by Gasteiger charge is -2.30. The molecule has 0 unspecified atom stereocenters. The van der Waals surface area contributed by atoms with E-state index in [0.29, 0.717) is 23.4 Å². The van der Waals surface area contributed by atoms with E-state index in [9.17, 15) is 22.8 Å². The zero-order valence-corrected chi connectivity index (χ0v) is 16.8. The Morgan fingerprint density at radius 2 is 1.86 bits per heavy atom. The van der Waals surface area contributed by atoms with Crippen LogP contribution in [-0.2, 0) is 24.3 Å². The molecule has 0 atom stereocenters. The van der Waals surface area contributed by atoms with E-state index >= 15 is 0 Å². The summed E-state index contributed by atoms with van der Waals surface area (Å²) in [5.41, 5.74) is -0.423. The number of esters is 1. The lowest BCUT2D eigenvalue weighted by molar-refractivity contribution is -0.137. The molecule has 9 nitrogen and oxygen atoms in total. The molecule has 0 aromatic heterocycles. The minimum Gasteiger partial charge on any atom is -0.463 e. The molecule has 1 saturated heterocycles. The largest absolute Gasteiger partial charge is 0.463 e. The Hall–Kier alpha value is -2.72. The number of ether oxygens (including phenoxy) is 1. The van der Waals surface area contributed by atoms with E-state index in [1.807, 2.05) is 0 Å². The number of nitrogens with zero attached hydrogens (tertiary/aromatic N) is 1. The summed E-state index contributed by atoms with van der Waals surface area (Å²) in [6, 6.07) is 4.87. The molecule has 2 N–H and O–H groups in total. The van der Waals surface area contributed by atoms with Crippen molar-refractivity contribution in [1.82, 2.24) is 15.2 Å². The Kier molecular flexibility index (Phi) is 6.04. The summed E-state index contributed by atoms with van der Waals surface area (Å²) in [7, 11) is -4.14. The Bertz CT molecular complexity index is 933. The van der Waals surface area contributed by atoms with Crippen LogP contribution in [0, 0.1) is 0 Å². The molecule has 3 rings (SSSR count). The smallest absolute Gasteiger partial charge is 0.340 e. The van der Waals surface area contributed by atoms with Crippen LogP contribution in [0.5, 0.6) is 0 Å². The maximum absolute atomic E-state index is 12.7. The number of carbonyl (C=O) groups is 3. The number of hydrogen-bond donors (Lipinski definition) is 2. The number of carbonyl (C=O) groups excluding carboxylic acids is 3. The van der Waals surface area contributed by atoms with Gasteiger partial charge >= 0.3 is 12.0 Å². The number of rotatable bonds is 6. The van der Waals surface area contributed by atoms with Crippen molar-refractivity contribution in [1.29, 1.82) is 0 Å². The van der Waals surface area contributed by atoms with Gasteiger partial charge in [0.2, 0.25) is 0 Å². The van der Waals surface area contributed by atoms with Crippen LogP contribution in [0.3, 0.4) is 0 Å². The second-order valence-corrected chi connectivity index (χ2v) is 8.62. The van der Waals surface area contributed by atoms with Gasteiger partial charge in [-0.25, -0.2) is 18.0 Å². The molecule has 1 aromatic rings. The molecule has 10 heteroatoms. The van der Waals surface area contributed by atoms with Gasteiger partial charge in [-0.3, -0.25) is 4.79 Å². The first-order valence-corrected chi connectivity index (χ1v) is 10.9. The molecule has 1 spiro atoms. The average molecular weight is 421 g/mol. The van der Waals surface area contributed by atoms with Crippen LogP contribution in [0.25, 0.3) is 6.08 Å². The third-order valence-corrected chi connectivity index (χ3v) is 6.28. The Morgan fingerprint density at radius 3 is 2.48 bits per heavy atom. The lowest BCUT2D eigenvalue weighted by atomic mass is 9.82. The fourth-order valence-corrected chi connectivity index (χ4v) is 4.49. The van der Waals surface area contributed by atoms with Gasteiger partial charge < -0.3 is 10.1 Å². The Labute approximate surface area is 169 Å². The zero-order valence-electron chi connectivity index (χ0n) is 16.0. The molecule has 156 valence electrons. The molecule has 1 aliphatic heterocycles. The molecule has 1 aromatic carbocycles. The summed E-state index contributed by atoms with van der Waals surface area (Å²) < 4.78 is 30.0. The van der Waals surface area contributed by atoms with E-state index in [2.05, 4.69) is 10.1 Å². The van der Waals surface area contributed by atoms with E-state index in [-0.39, 0.29) is 11.5 Å². The van der Waals surface area contributed by atoms with Crippen molar-refractivity contribution in [3.05, 3.63) is 35.9 Å². The number of benzene rings is 1. The van der Waals surface area contributed by atoms with Gasteiger partial charge in [0, 0.05) is 6.08 Å². The quantitative estimate of drug-likeness (QED) is 0.410. The van der Waals surface area contributed by atoms with E-state index < -0.39 is 33.5 Å². The maximum Gasteiger partial charge on any atom is 0.340 e. The second kappa shape index (κ2) is 8.34. The highest BCUT2D eigenvalue weighted by molar-refractivity contribution is 7.89. The lowest BCUT2D eigenvalue weighted by Crippen LogP contribution is -2.50. The summed E-state index contributed by atoms with van der Waals surface area (Å²) >= 11 is 0. The van der Waals surface area contributed by atoms with Gasteiger partial charge in [-0.15, -0.1) is 4.83 Å². The van der Waals surface area contributed by atoms with Gasteiger partial charge in [-0.2, -0.15) is 5.01 Å². The molecular formula is C19H23N3O6S. The van der Waals surface area contributed by atoms with Crippen molar-refractivity contribution in [2.45, 2.75) is 49.5 Å². The highest BCUT2D eigenvalue weighted by Crippen LogP contribution is 2.33. The number of nitrogens with one attached hydrogen (secondary N) is 2. The first kappa shape index (κ1) is 21.0. The third-order valence-electron chi connectivity index (χ3n) is 4.97. The van der Waals surface area contributed by atoms with Crippen LogP contribution in [0.4, 0.5) is 4.79 Å². The van der Waals surface area contributed by atoms with Gasteiger partial charge in [0.25, 0.3) is 15.9 Å². The van der Waals surface area contributed by atoms with Crippen LogP contribution in [0.15, 0.2) is 35.2 Å².